The maximum Gasteiger partial charge on any atom is 0.276 e. The normalized spacial score (nSPS) is 14.2. The van der Waals surface area contributed by atoms with E-state index in [1.807, 2.05) is 30.3 Å². The summed E-state index contributed by atoms with van der Waals surface area (Å²) in [6.07, 6.45) is 1.44. The highest BCUT2D eigenvalue weighted by atomic mass is 35.5. The summed E-state index contributed by atoms with van der Waals surface area (Å²) < 4.78 is 11.0. The summed E-state index contributed by atoms with van der Waals surface area (Å²) >= 11 is 5.79. The number of likely N-dealkylation sites (tertiary alicyclic amines) is 1. The smallest absolute Gasteiger partial charge is 0.276 e. The number of amides is 1. The lowest BCUT2D eigenvalue weighted by Crippen LogP contribution is -2.56. The van der Waals surface area contributed by atoms with Crippen molar-refractivity contribution in [3.05, 3.63) is 65.4 Å². The van der Waals surface area contributed by atoms with Crippen molar-refractivity contribution >= 4 is 17.5 Å². The van der Waals surface area contributed by atoms with Crippen LogP contribution in [0.25, 0.3) is 11.3 Å². The average Bonchev–Trinajstić information content (AvgIpc) is 3.10. The van der Waals surface area contributed by atoms with Crippen LogP contribution < -0.4 is 4.74 Å². The van der Waals surface area contributed by atoms with Gasteiger partial charge in [0.05, 0.1) is 18.1 Å². The van der Waals surface area contributed by atoms with Gasteiger partial charge in [0.2, 0.25) is 5.88 Å². The lowest BCUT2D eigenvalue weighted by atomic mass is 10.1. The van der Waals surface area contributed by atoms with E-state index in [2.05, 4.69) is 10.1 Å². The fourth-order valence-electron chi connectivity index (χ4n) is 2.56. The molecule has 1 aliphatic rings. The number of halogens is 1. The van der Waals surface area contributed by atoms with Crippen molar-refractivity contribution in [1.29, 1.82) is 0 Å². The third-order valence-electron chi connectivity index (χ3n) is 3.91. The van der Waals surface area contributed by atoms with Crippen LogP contribution in [-0.4, -0.2) is 40.1 Å². The Labute approximate surface area is 149 Å². The van der Waals surface area contributed by atoms with E-state index < -0.39 is 0 Å². The Bertz CT molecular complexity index is 874. The second-order valence-electron chi connectivity index (χ2n) is 5.71. The number of carbonyl (C=O) groups excluding carboxylic acids is 1. The largest absolute Gasteiger partial charge is 0.471 e. The van der Waals surface area contributed by atoms with Gasteiger partial charge in [-0.1, -0.05) is 47.1 Å². The van der Waals surface area contributed by atoms with Crippen LogP contribution in [0.2, 0.25) is 5.02 Å². The summed E-state index contributed by atoms with van der Waals surface area (Å²) in [5.41, 5.74) is 1.18. The van der Waals surface area contributed by atoms with Gasteiger partial charge in [0, 0.05) is 23.9 Å². The predicted octanol–water partition coefficient (Wildman–Crippen LogP) is 3.29. The van der Waals surface area contributed by atoms with E-state index in [4.69, 9.17) is 20.9 Å². The van der Waals surface area contributed by atoms with Gasteiger partial charge in [-0.15, -0.1) is 0 Å². The molecule has 25 heavy (non-hydrogen) atoms. The molecule has 126 valence electrons. The minimum absolute atomic E-state index is 0.0851. The average molecular weight is 356 g/mol. The molecular weight excluding hydrogens is 342 g/mol. The fourth-order valence-corrected chi connectivity index (χ4v) is 2.67. The van der Waals surface area contributed by atoms with Gasteiger partial charge in [-0.2, -0.15) is 0 Å². The van der Waals surface area contributed by atoms with Gasteiger partial charge in [-0.25, -0.2) is 4.98 Å². The van der Waals surface area contributed by atoms with Crippen LogP contribution in [0.4, 0.5) is 0 Å². The van der Waals surface area contributed by atoms with Crippen molar-refractivity contribution in [2.45, 2.75) is 6.10 Å². The van der Waals surface area contributed by atoms with E-state index in [-0.39, 0.29) is 12.0 Å². The Morgan fingerprint density at radius 1 is 1.20 bits per heavy atom. The number of rotatable bonds is 4. The van der Waals surface area contributed by atoms with Crippen LogP contribution in [0.1, 0.15) is 10.5 Å². The molecule has 0 spiro atoms. The Morgan fingerprint density at radius 2 is 2.00 bits per heavy atom. The number of nitrogens with zero attached hydrogens (tertiary/aromatic N) is 3. The summed E-state index contributed by atoms with van der Waals surface area (Å²) in [5.74, 6) is 0.895. The molecule has 1 amide bonds. The molecule has 1 saturated heterocycles. The Kier molecular flexibility index (Phi) is 4.11. The summed E-state index contributed by atoms with van der Waals surface area (Å²) in [6.45, 7) is 0.966. The number of hydrogen-bond donors (Lipinski definition) is 0. The molecule has 0 saturated carbocycles. The van der Waals surface area contributed by atoms with Gasteiger partial charge >= 0.3 is 0 Å². The lowest BCUT2D eigenvalue weighted by molar-refractivity contribution is 0.0153. The number of pyridine rings is 1. The van der Waals surface area contributed by atoms with Crippen molar-refractivity contribution in [2.75, 3.05) is 13.1 Å². The molecule has 0 radical (unpaired) electrons. The van der Waals surface area contributed by atoms with Crippen molar-refractivity contribution < 1.29 is 14.1 Å². The van der Waals surface area contributed by atoms with Crippen LogP contribution >= 0.6 is 11.6 Å². The predicted molar refractivity (Wildman–Crippen MR) is 91.5 cm³/mol. The molecule has 3 heterocycles. The van der Waals surface area contributed by atoms with E-state index in [1.165, 1.54) is 6.20 Å². The number of hydrogen-bond acceptors (Lipinski definition) is 5. The van der Waals surface area contributed by atoms with Crippen LogP contribution in [0.3, 0.4) is 0 Å². The molecule has 0 bridgehead atoms. The summed E-state index contributed by atoms with van der Waals surface area (Å²) in [4.78, 5) is 18.2. The van der Waals surface area contributed by atoms with E-state index in [1.54, 1.807) is 23.1 Å². The Balaban J connectivity index is 1.36. The molecule has 0 unspecified atom stereocenters. The fraction of sp³-hybridized carbons (Fsp3) is 0.167. The molecule has 6 nitrogen and oxygen atoms in total. The van der Waals surface area contributed by atoms with Crippen molar-refractivity contribution in [1.82, 2.24) is 15.0 Å². The highest BCUT2D eigenvalue weighted by Gasteiger charge is 2.34. The van der Waals surface area contributed by atoms with E-state index >= 15 is 0 Å². The maximum absolute atomic E-state index is 12.4. The molecule has 0 atom stereocenters. The summed E-state index contributed by atoms with van der Waals surface area (Å²) in [5, 5.41) is 4.43. The first-order valence-corrected chi connectivity index (χ1v) is 8.16. The zero-order valence-corrected chi connectivity index (χ0v) is 13.9. The van der Waals surface area contributed by atoms with Gasteiger partial charge in [0.15, 0.2) is 11.5 Å². The molecule has 2 aromatic heterocycles. The lowest BCUT2D eigenvalue weighted by Gasteiger charge is -2.38. The first kappa shape index (κ1) is 15.7. The van der Waals surface area contributed by atoms with Gasteiger partial charge in [-0.05, 0) is 6.07 Å². The SMILES string of the molecule is O=C(c1cc(-c2ccccc2)on1)N1CC(Oc2ccc(Cl)cn2)C1. The second kappa shape index (κ2) is 6.57. The minimum atomic E-state index is -0.171. The maximum atomic E-state index is 12.4. The first-order chi connectivity index (χ1) is 12.2. The van der Waals surface area contributed by atoms with Crippen molar-refractivity contribution in [2.24, 2.45) is 0 Å². The Hall–Kier alpha value is -2.86. The third-order valence-corrected chi connectivity index (χ3v) is 4.13. The molecule has 1 fully saturated rings. The zero-order valence-electron chi connectivity index (χ0n) is 13.1. The molecule has 1 aromatic carbocycles. The first-order valence-electron chi connectivity index (χ1n) is 7.78. The highest BCUT2D eigenvalue weighted by Crippen LogP contribution is 2.23. The molecule has 7 heteroatoms. The topological polar surface area (TPSA) is 68.5 Å². The van der Waals surface area contributed by atoms with Crippen molar-refractivity contribution in [3.63, 3.8) is 0 Å². The number of benzene rings is 1. The van der Waals surface area contributed by atoms with Gasteiger partial charge in [-0.3, -0.25) is 4.79 Å². The zero-order chi connectivity index (χ0) is 17.2. The number of carbonyl (C=O) groups is 1. The second-order valence-corrected chi connectivity index (χ2v) is 6.14. The molecular formula is C18H14ClN3O3. The van der Waals surface area contributed by atoms with Gasteiger partial charge in [0.1, 0.15) is 6.10 Å². The van der Waals surface area contributed by atoms with Crippen LogP contribution in [0.15, 0.2) is 59.3 Å². The molecule has 0 N–H and O–H groups in total. The summed E-state index contributed by atoms with van der Waals surface area (Å²) in [7, 11) is 0. The van der Waals surface area contributed by atoms with E-state index in [9.17, 15) is 4.79 Å². The molecule has 3 aromatic rings. The van der Waals surface area contributed by atoms with Crippen LogP contribution in [-0.2, 0) is 0 Å². The monoisotopic (exact) mass is 355 g/mol. The number of aromatic nitrogens is 2. The quantitative estimate of drug-likeness (QED) is 0.718. The van der Waals surface area contributed by atoms with Gasteiger partial charge in [0.25, 0.3) is 5.91 Å². The number of ether oxygens (including phenoxy) is 1. The minimum Gasteiger partial charge on any atom is -0.471 e. The summed E-state index contributed by atoms with van der Waals surface area (Å²) in [6, 6.07) is 14.6. The van der Waals surface area contributed by atoms with Crippen molar-refractivity contribution in [3.8, 4) is 17.2 Å². The van der Waals surface area contributed by atoms with Crippen LogP contribution in [0.5, 0.6) is 5.88 Å². The van der Waals surface area contributed by atoms with Crippen LogP contribution in [0, 0.1) is 0 Å². The highest BCUT2D eigenvalue weighted by molar-refractivity contribution is 6.30. The van der Waals surface area contributed by atoms with E-state index in [0.29, 0.717) is 35.4 Å². The Morgan fingerprint density at radius 3 is 2.72 bits per heavy atom. The van der Waals surface area contributed by atoms with E-state index in [0.717, 1.165) is 5.56 Å². The standard InChI is InChI=1S/C18H14ClN3O3/c19-13-6-7-17(20-9-13)24-14-10-22(11-14)18(23)15-8-16(25-21-15)12-4-2-1-3-5-12/h1-9,14H,10-11H2. The third kappa shape index (κ3) is 3.34. The molecule has 0 aliphatic carbocycles. The van der Waals surface area contributed by atoms with Gasteiger partial charge < -0.3 is 14.2 Å². The molecule has 4 rings (SSSR count). The molecule has 1 aliphatic heterocycles.